The normalized spacial score (nSPS) is 11.0. The fourth-order valence-electron chi connectivity index (χ4n) is 1.50. The molecule has 100 valence electrons. The summed E-state index contributed by atoms with van der Waals surface area (Å²) in [6.45, 7) is 7.66. The quantitative estimate of drug-likeness (QED) is 0.807. The zero-order valence-corrected chi connectivity index (χ0v) is 11.4. The summed E-state index contributed by atoms with van der Waals surface area (Å²) in [5.74, 6) is -0.956. The van der Waals surface area contributed by atoms with E-state index in [1.165, 1.54) is 6.20 Å². The lowest BCUT2D eigenvalue weighted by Crippen LogP contribution is -2.31. The van der Waals surface area contributed by atoms with Crippen LogP contribution in [0.4, 0.5) is 5.69 Å². The predicted molar refractivity (Wildman–Crippen MR) is 72.2 cm³/mol. The molecule has 0 fully saturated rings. The maximum atomic E-state index is 11.0. The largest absolute Gasteiger partial charge is 0.478 e. The average Bonchev–Trinajstić information content (AvgIpc) is 2.28. The van der Waals surface area contributed by atoms with E-state index in [4.69, 9.17) is 5.11 Å². The minimum atomic E-state index is -0.956. The molecule has 1 rings (SSSR count). The highest BCUT2D eigenvalue weighted by Crippen LogP contribution is 2.15. The minimum Gasteiger partial charge on any atom is -0.478 e. The number of aryl methyl sites for hydroxylation is 1. The lowest BCUT2D eigenvalue weighted by molar-refractivity contribution is 0.0697. The van der Waals surface area contributed by atoms with Crippen molar-refractivity contribution in [2.24, 2.45) is 0 Å². The molecule has 1 aromatic heterocycles. The molecule has 1 heterocycles. The van der Waals surface area contributed by atoms with E-state index in [1.807, 2.05) is 14.0 Å². The molecule has 0 aromatic carbocycles. The van der Waals surface area contributed by atoms with Crippen molar-refractivity contribution in [3.63, 3.8) is 0 Å². The van der Waals surface area contributed by atoms with Crippen LogP contribution in [0, 0.1) is 6.92 Å². The van der Waals surface area contributed by atoms with E-state index in [9.17, 15) is 4.79 Å². The lowest BCUT2D eigenvalue weighted by atomic mass is 10.2. The molecule has 0 radical (unpaired) electrons. The summed E-state index contributed by atoms with van der Waals surface area (Å²) < 4.78 is 0. The Morgan fingerprint density at radius 1 is 1.56 bits per heavy atom. The maximum Gasteiger partial charge on any atom is 0.339 e. The Morgan fingerprint density at radius 3 is 2.78 bits per heavy atom. The molecule has 0 aliphatic carbocycles. The molecule has 0 amide bonds. The monoisotopic (exact) mass is 251 g/mol. The number of nitrogens with one attached hydrogen (secondary N) is 1. The molecular weight excluding hydrogens is 230 g/mol. The van der Waals surface area contributed by atoms with Crippen molar-refractivity contribution < 1.29 is 9.90 Å². The van der Waals surface area contributed by atoms with Gasteiger partial charge in [0.25, 0.3) is 0 Å². The predicted octanol–water partition coefficient (Wildman–Crippen LogP) is 1.84. The lowest BCUT2D eigenvalue weighted by Gasteiger charge is -2.21. The molecule has 0 spiro atoms. The zero-order valence-electron chi connectivity index (χ0n) is 11.4. The average molecular weight is 251 g/mol. The van der Waals surface area contributed by atoms with Gasteiger partial charge in [-0.25, -0.2) is 4.79 Å². The molecule has 5 heteroatoms. The SMILES string of the molecule is Cc1cc(NCCN(C)C(C)C)c(C(=O)O)cn1. The third-order valence-electron chi connectivity index (χ3n) is 2.93. The summed E-state index contributed by atoms with van der Waals surface area (Å²) in [5, 5.41) is 12.2. The van der Waals surface area contributed by atoms with Crippen LogP contribution in [0.1, 0.15) is 29.9 Å². The maximum absolute atomic E-state index is 11.0. The summed E-state index contributed by atoms with van der Waals surface area (Å²) >= 11 is 0. The number of pyridine rings is 1. The highest BCUT2D eigenvalue weighted by Gasteiger charge is 2.11. The van der Waals surface area contributed by atoms with Crippen molar-refractivity contribution in [2.75, 3.05) is 25.5 Å². The van der Waals surface area contributed by atoms with E-state index in [2.05, 4.69) is 29.0 Å². The number of carboxylic acid groups (broad SMARTS) is 1. The molecule has 2 N–H and O–H groups in total. The van der Waals surface area contributed by atoms with Crippen LogP contribution < -0.4 is 5.32 Å². The minimum absolute atomic E-state index is 0.216. The highest BCUT2D eigenvalue weighted by atomic mass is 16.4. The molecular formula is C13H21N3O2. The van der Waals surface area contributed by atoms with Crippen LogP contribution >= 0.6 is 0 Å². The molecule has 0 saturated heterocycles. The summed E-state index contributed by atoms with van der Waals surface area (Å²) in [4.78, 5) is 17.2. The number of aromatic nitrogens is 1. The fourth-order valence-corrected chi connectivity index (χ4v) is 1.50. The van der Waals surface area contributed by atoms with Crippen molar-refractivity contribution in [2.45, 2.75) is 26.8 Å². The number of aromatic carboxylic acids is 1. The Bertz CT molecular complexity index is 419. The van der Waals surface area contributed by atoms with Crippen molar-refractivity contribution in [3.05, 3.63) is 23.5 Å². The smallest absolute Gasteiger partial charge is 0.339 e. The van der Waals surface area contributed by atoms with Gasteiger partial charge in [-0.3, -0.25) is 4.98 Å². The van der Waals surface area contributed by atoms with Gasteiger partial charge in [-0.2, -0.15) is 0 Å². The van der Waals surface area contributed by atoms with E-state index >= 15 is 0 Å². The van der Waals surface area contributed by atoms with E-state index in [0.717, 1.165) is 12.2 Å². The fraction of sp³-hybridized carbons (Fsp3) is 0.538. The molecule has 18 heavy (non-hydrogen) atoms. The molecule has 0 aliphatic rings. The number of hydrogen-bond donors (Lipinski definition) is 2. The number of rotatable bonds is 6. The molecule has 5 nitrogen and oxygen atoms in total. The first-order chi connectivity index (χ1) is 8.41. The van der Waals surface area contributed by atoms with Gasteiger partial charge in [-0.1, -0.05) is 0 Å². The van der Waals surface area contributed by atoms with Crippen molar-refractivity contribution in [1.82, 2.24) is 9.88 Å². The Kier molecular flexibility index (Phi) is 5.09. The van der Waals surface area contributed by atoms with Gasteiger partial charge in [-0.05, 0) is 33.9 Å². The summed E-state index contributed by atoms with van der Waals surface area (Å²) in [7, 11) is 2.04. The van der Waals surface area contributed by atoms with Crippen molar-refractivity contribution in [3.8, 4) is 0 Å². The standard InChI is InChI=1S/C13H21N3O2/c1-9(2)16(4)6-5-14-12-7-10(3)15-8-11(12)13(17)18/h7-9H,5-6H2,1-4H3,(H,14,15)(H,17,18). The van der Waals surface area contributed by atoms with Gasteiger partial charge < -0.3 is 15.3 Å². The van der Waals surface area contributed by atoms with Crippen LogP contribution in [-0.2, 0) is 0 Å². The Morgan fingerprint density at radius 2 is 2.22 bits per heavy atom. The van der Waals surface area contributed by atoms with Crippen molar-refractivity contribution >= 4 is 11.7 Å². The Balaban J connectivity index is 2.66. The van der Waals surface area contributed by atoms with Gasteiger partial charge in [0.2, 0.25) is 0 Å². The molecule has 0 saturated carbocycles. The Labute approximate surface area is 108 Å². The van der Waals surface area contributed by atoms with Gasteiger partial charge >= 0.3 is 5.97 Å². The van der Waals surface area contributed by atoms with E-state index in [0.29, 0.717) is 18.3 Å². The van der Waals surface area contributed by atoms with Gasteiger partial charge in [-0.15, -0.1) is 0 Å². The summed E-state index contributed by atoms with van der Waals surface area (Å²) in [5.41, 5.74) is 1.65. The highest BCUT2D eigenvalue weighted by molar-refractivity contribution is 5.93. The van der Waals surface area contributed by atoms with Gasteiger partial charge in [0.05, 0.1) is 5.69 Å². The van der Waals surface area contributed by atoms with Crippen LogP contribution in [0.3, 0.4) is 0 Å². The van der Waals surface area contributed by atoms with E-state index in [-0.39, 0.29) is 5.56 Å². The van der Waals surface area contributed by atoms with Crippen LogP contribution in [0.5, 0.6) is 0 Å². The van der Waals surface area contributed by atoms with Crippen LogP contribution in [-0.4, -0.2) is 47.1 Å². The number of likely N-dealkylation sites (N-methyl/N-ethyl adjacent to an activating group) is 1. The van der Waals surface area contributed by atoms with Gasteiger partial charge in [0, 0.05) is 31.0 Å². The number of nitrogens with zero attached hydrogens (tertiary/aromatic N) is 2. The number of anilines is 1. The first-order valence-corrected chi connectivity index (χ1v) is 6.06. The summed E-state index contributed by atoms with van der Waals surface area (Å²) in [6, 6.07) is 2.24. The van der Waals surface area contributed by atoms with E-state index < -0.39 is 5.97 Å². The number of carboxylic acids is 1. The molecule has 0 atom stereocenters. The second kappa shape index (κ2) is 6.35. The summed E-state index contributed by atoms with van der Waals surface area (Å²) in [6.07, 6.45) is 1.40. The zero-order chi connectivity index (χ0) is 13.7. The number of carbonyl (C=O) groups is 1. The second-order valence-electron chi connectivity index (χ2n) is 4.68. The van der Waals surface area contributed by atoms with Crippen LogP contribution in [0.15, 0.2) is 12.3 Å². The van der Waals surface area contributed by atoms with Crippen LogP contribution in [0.25, 0.3) is 0 Å². The van der Waals surface area contributed by atoms with Crippen LogP contribution in [0.2, 0.25) is 0 Å². The molecule has 0 aliphatic heterocycles. The first-order valence-electron chi connectivity index (χ1n) is 6.06. The molecule has 1 aromatic rings. The number of hydrogen-bond acceptors (Lipinski definition) is 4. The van der Waals surface area contributed by atoms with Gasteiger partial charge in [0.15, 0.2) is 0 Å². The third kappa shape index (κ3) is 4.00. The topological polar surface area (TPSA) is 65.5 Å². The molecule has 0 unspecified atom stereocenters. The van der Waals surface area contributed by atoms with E-state index in [1.54, 1.807) is 6.07 Å². The molecule has 0 bridgehead atoms. The Hall–Kier alpha value is -1.62. The second-order valence-corrected chi connectivity index (χ2v) is 4.68. The first kappa shape index (κ1) is 14.4. The van der Waals surface area contributed by atoms with Gasteiger partial charge in [0.1, 0.15) is 5.56 Å². The third-order valence-corrected chi connectivity index (χ3v) is 2.93. The van der Waals surface area contributed by atoms with Crippen molar-refractivity contribution in [1.29, 1.82) is 0 Å².